The highest BCUT2D eigenvalue weighted by atomic mass is 32.1. The average Bonchev–Trinajstić information content (AvgIpc) is 3.10. The quantitative estimate of drug-likeness (QED) is 0.784. The zero-order valence-corrected chi connectivity index (χ0v) is 18.4. The van der Waals surface area contributed by atoms with Gasteiger partial charge in [0.1, 0.15) is 0 Å². The molecule has 3 unspecified atom stereocenters. The molecule has 1 amide bonds. The van der Waals surface area contributed by atoms with Crippen LogP contribution in [0.2, 0.25) is 0 Å². The fourth-order valence-corrected chi connectivity index (χ4v) is 6.11. The van der Waals surface area contributed by atoms with Crippen molar-refractivity contribution in [2.45, 2.75) is 65.8 Å². The Morgan fingerprint density at radius 3 is 2.64 bits per heavy atom. The summed E-state index contributed by atoms with van der Waals surface area (Å²) in [5.74, 6) is 1.74. The van der Waals surface area contributed by atoms with Crippen molar-refractivity contribution >= 4 is 32.6 Å². The number of anilines is 1. The lowest BCUT2D eigenvalue weighted by molar-refractivity contribution is -0.127. The second kappa shape index (κ2) is 8.02. The van der Waals surface area contributed by atoms with E-state index in [1.54, 1.807) is 11.3 Å². The standard InChI is InChI=1S/C23H33N3OS/c1-14-12-16(3)21-20(13-14)28-23(25-21)26-10-8-18(9-11-26)22(27)24-19-7-5-6-15(2)17(19)4/h12-13,15,17-19H,5-11H2,1-4H3,(H,24,27). The second-order valence-corrected chi connectivity index (χ2v) is 10.1. The molecule has 1 aromatic carbocycles. The number of carbonyl (C=O) groups is 1. The summed E-state index contributed by atoms with van der Waals surface area (Å²) in [6.45, 7) is 10.8. The first-order valence-corrected chi connectivity index (χ1v) is 11.7. The first-order valence-electron chi connectivity index (χ1n) is 10.9. The predicted molar refractivity (Wildman–Crippen MR) is 118 cm³/mol. The van der Waals surface area contributed by atoms with Gasteiger partial charge in [-0.3, -0.25) is 4.79 Å². The van der Waals surface area contributed by atoms with E-state index < -0.39 is 0 Å². The Kier molecular flexibility index (Phi) is 5.64. The Morgan fingerprint density at radius 1 is 1.14 bits per heavy atom. The van der Waals surface area contributed by atoms with E-state index in [1.807, 2.05) is 0 Å². The molecule has 0 bridgehead atoms. The zero-order valence-electron chi connectivity index (χ0n) is 17.6. The lowest BCUT2D eigenvalue weighted by Crippen LogP contribution is -2.48. The van der Waals surface area contributed by atoms with Crippen LogP contribution < -0.4 is 10.2 Å². The maximum absolute atomic E-state index is 12.8. The molecule has 2 heterocycles. The molecule has 1 aromatic heterocycles. The van der Waals surface area contributed by atoms with Gasteiger partial charge in [-0.1, -0.05) is 44.1 Å². The van der Waals surface area contributed by atoms with Crippen LogP contribution in [0.25, 0.3) is 10.2 Å². The Hall–Kier alpha value is -1.62. The highest BCUT2D eigenvalue weighted by molar-refractivity contribution is 7.22. The van der Waals surface area contributed by atoms with E-state index >= 15 is 0 Å². The molecule has 5 heteroatoms. The molecule has 1 aliphatic heterocycles. The van der Waals surface area contributed by atoms with Crippen molar-refractivity contribution in [2.24, 2.45) is 17.8 Å². The maximum Gasteiger partial charge on any atom is 0.223 e. The van der Waals surface area contributed by atoms with Crippen molar-refractivity contribution in [1.29, 1.82) is 0 Å². The molecule has 4 rings (SSSR count). The van der Waals surface area contributed by atoms with E-state index in [4.69, 9.17) is 4.98 Å². The largest absolute Gasteiger partial charge is 0.353 e. The van der Waals surface area contributed by atoms with Crippen molar-refractivity contribution in [3.63, 3.8) is 0 Å². The van der Waals surface area contributed by atoms with Gasteiger partial charge in [0, 0.05) is 25.0 Å². The van der Waals surface area contributed by atoms with Gasteiger partial charge in [-0.2, -0.15) is 0 Å². The number of fused-ring (bicyclic) bond motifs is 1. The number of aryl methyl sites for hydroxylation is 2. The van der Waals surface area contributed by atoms with Crippen molar-refractivity contribution in [3.8, 4) is 0 Å². The predicted octanol–water partition coefficient (Wildman–Crippen LogP) is 5.07. The number of nitrogens with zero attached hydrogens (tertiary/aromatic N) is 2. The summed E-state index contributed by atoms with van der Waals surface area (Å²) in [6.07, 6.45) is 5.53. The van der Waals surface area contributed by atoms with Crippen LogP contribution in [0.1, 0.15) is 57.1 Å². The summed E-state index contributed by atoms with van der Waals surface area (Å²) in [5, 5.41) is 4.50. The number of hydrogen-bond donors (Lipinski definition) is 1. The van der Waals surface area contributed by atoms with Crippen molar-refractivity contribution in [1.82, 2.24) is 10.3 Å². The van der Waals surface area contributed by atoms with E-state index in [9.17, 15) is 4.79 Å². The fourth-order valence-electron chi connectivity index (χ4n) is 4.91. The molecule has 0 radical (unpaired) electrons. The van der Waals surface area contributed by atoms with Gasteiger partial charge in [0.25, 0.3) is 0 Å². The minimum Gasteiger partial charge on any atom is -0.353 e. The second-order valence-electron chi connectivity index (χ2n) is 9.07. The molecule has 1 saturated carbocycles. The van der Waals surface area contributed by atoms with Gasteiger partial charge in [-0.25, -0.2) is 4.98 Å². The van der Waals surface area contributed by atoms with E-state index in [0.29, 0.717) is 17.9 Å². The van der Waals surface area contributed by atoms with Crippen LogP contribution in [-0.4, -0.2) is 30.0 Å². The average molecular weight is 400 g/mol. The van der Waals surface area contributed by atoms with Crippen molar-refractivity contribution < 1.29 is 4.79 Å². The van der Waals surface area contributed by atoms with E-state index in [0.717, 1.165) is 43.0 Å². The topological polar surface area (TPSA) is 45.2 Å². The molecular formula is C23H33N3OS. The van der Waals surface area contributed by atoms with Gasteiger partial charge < -0.3 is 10.2 Å². The Morgan fingerprint density at radius 2 is 1.89 bits per heavy atom. The lowest BCUT2D eigenvalue weighted by Gasteiger charge is -2.37. The molecule has 1 saturated heterocycles. The van der Waals surface area contributed by atoms with Crippen LogP contribution in [0.15, 0.2) is 12.1 Å². The SMILES string of the molecule is Cc1cc(C)c2nc(N3CCC(C(=O)NC4CCCC(C)C4C)CC3)sc2c1. The minimum atomic E-state index is 0.152. The van der Waals surface area contributed by atoms with Crippen molar-refractivity contribution in [2.75, 3.05) is 18.0 Å². The normalized spacial score (nSPS) is 26.6. The third-order valence-electron chi connectivity index (χ3n) is 6.99. The Labute approximate surface area is 172 Å². The molecule has 152 valence electrons. The maximum atomic E-state index is 12.8. The molecule has 1 aliphatic carbocycles. The number of aromatic nitrogens is 1. The smallest absolute Gasteiger partial charge is 0.223 e. The van der Waals surface area contributed by atoms with Crippen molar-refractivity contribution in [3.05, 3.63) is 23.3 Å². The van der Waals surface area contributed by atoms with Gasteiger partial charge in [0.2, 0.25) is 5.91 Å². The zero-order chi connectivity index (χ0) is 19.8. The number of nitrogens with one attached hydrogen (secondary N) is 1. The van der Waals surface area contributed by atoms with Crippen LogP contribution in [0.3, 0.4) is 0 Å². The summed E-state index contributed by atoms with van der Waals surface area (Å²) in [7, 11) is 0. The Bertz CT molecular complexity index is 853. The highest BCUT2D eigenvalue weighted by Crippen LogP contribution is 2.34. The van der Waals surface area contributed by atoms with E-state index in [-0.39, 0.29) is 11.8 Å². The van der Waals surface area contributed by atoms with Gasteiger partial charge in [-0.05, 0) is 62.1 Å². The molecular weight excluding hydrogens is 366 g/mol. The van der Waals surface area contributed by atoms with Gasteiger partial charge in [-0.15, -0.1) is 0 Å². The van der Waals surface area contributed by atoms with Gasteiger partial charge >= 0.3 is 0 Å². The summed E-state index contributed by atoms with van der Waals surface area (Å²) in [5.41, 5.74) is 3.68. The number of carbonyl (C=O) groups excluding carboxylic acids is 1. The molecule has 28 heavy (non-hydrogen) atoms. The molecule has 1 N–H and O–H groups in total. The third kappa shape index (κ3) is 3.91. The number of amides is 1. The first kappa shape index (κ1) is 19.7. The Balaban J connectivity index is 1.37. The fraction of sp³-hybridized carbons (Fsp3) is 0.652. The molecule has 2 aliphatic rings. The van der Waals surface area contributed by atoms with Crippen LogP contribution in [0.5, 0.6) is 0 Å². The lowest BCUT2D eigenvalue weighted by atomic mass is 9.78. The molecule has 3 atom stereocenters. The monoisotopic (exact) mass is 399 g/mol. The van der Waals surface area contributed by atoms with Crippen LogP contribution in [0.4, 0.5) is 5.13 Å². The van der Waals surface area contributed by atoms with Gasteiger partial charge in [0.15, 0.2) is 5.13 Å². The first-order chi connectivity index (χ1) is 13.4. The number of piperidine rings is 1. The molecule has 2 aromatic rings. The van der Waals surface area contributed by atoms with Crippen LogP contribution >= 0.6 is 11.3 Å². The molecule has 2 fully saturated rings. The van der Waals surface area contributed by atoms with Crippen LogP contribution in [0, 0.1) is 31.6 Å². The summed E-state index contributed by atoms with van der Waals surface area (Å²) >= 11 is 1.79. The highest BCUT2D eigenvalue weighted by Gasteiger charge is 2.32. The summed E-state index contributed by atoms with van der Waals surface area (Å²) < 4.78 is 1.27. The number of benzene rings is 1. The molecule has 0 spiro atoms. The summed E-state index contributed by atoms with van der Waals surface area (Å²) in [4.78, 5) is 20.1. The number of thiazole rings is 1. The number of rotatable bonds is 3. The minimum absolute atomic E-state index is 0.152. The van der Waals surface area contributed by atoms with E-state index in [2.05, 4.69) is 50.0 Å². The van der Waals surface area contributed by atoms with Crippen LogP contribution in [-0.2, 0) is 4.79 Å². The molecule has 4 nitrogen and oxygen atoms in total. The third-order valence-corrected chi connectivity index (χ3v) is 8.05. The van der Waals surface area contributed by atoms with E-state index in [1.165, 1.54) is 28.7 Å². The summed E-state index contributed by atoms with van der Waals surface area (Å²) in [6, 6.07) is 4.80. The number of hydrogen-bond acceptors (Lipinski definition) is 4. The van der Waals surface area contributed by atoms with Gasteiger partial charge in [0.05, 0.1) is 10.2 Å².